The molecule has 4 heteroatoms. The maximum atomic E-state index is 11.5. The van der Waals surface area contributed by atoms with Crippen LogP contribution in [0.4, 0.5) is 0 Å². The Kier molecular flexibility index (Phi) is 2.91. The number of para-hydroxylation sites is 1. The molecule has 20 heavy (non-hydrogen) atoms. The first-order valence-electron chi connectivity index (χ1n) is 6.09. The van der Waals surface area contributed by atoms with Gasteiger partial charge in [0.2, 0.25) is 0 Å². The quantitative estimate of drug-likeness (QED) is 0.906. The summed E-state index contributed by atoms with van der Waals surface area (Å²) in [4.78, 5) is 11.5. The number of hydrogen-bond donors (Lipinski definition) is 1. The molecule has 2 aromatic rings. The molecule has 0 unspecified atom stereocenters. The van der Waals surface area contributed by atoms with E-state index in [0.29, 0.717) is 22.8 Å². The second-order valence-corrected chi connectivity index (χ2v) is 4.37. The molecule has 1 N–H and O–H groups in total. The van der Waals surface area contributed by atoms with E-state index in [1.165, 1.54) is 7.11 Å². The maximum Gasteiger partial charge on any atom is 0.336 e. The minimum atomic E-state index is -1.00. The van der Waals surface area contributed by atoms with Gasteiger partial charge in [0.25, 0.3) is 0 Å². The van der Waals surface area contributed by atoms with E-state index in [0.717, 1.165) is 5.56 Å². The second-order valence-electron chi connectivity index (χ2n) is 4.37. The average Bonchev–Trinajstić information content (AvgIpc) is 2.62. The first-order chi connectivity index (χ1) is 9.69. The maximum absolute atomic E-state index is 11.5. The molecule has 0 saturated heterocycles. The highest BCUT2D eigenvalue weighted by Gasteiger charge is 2.21. The van der Waals surface area contributed by atoms with E-state index in [1.807, 2.05) is 24.3 Å². The number of carboxylic acids is 1. The number of ether oxygens (including phenoxy) is 2. The lowest BCUT2D eigenvalue weighted by Crippen LogP contribution is -2.00. The van der Waals surface area contributed by atoms with Crippen molar-refractivity contribution in [3.05, 3.63) is 53.6 Å². The van der Waals surface area contributed by atoms with Crippen molar-refractivity contribution in [2.24, 2.45) is 0 Å². The second kappa shape index (κ2) is 4.74. The number of aliphatic carboxylic acids is 1. The number of benzene rings is 2. The molecule has 4 nitrogen and oxygen atoms in total. The molecule has 0 fully saturated rings. The Morgan fingerprint density at radius 3 is 2.70 bits per heavy atom. The summed E-state index contributed by atoms with van der Waals surface area (Å²) >= 11 is 0. The number of hydrogen-bond acceptors (Lipinski definition) is 3. The van der Waals surface area contributed by atoms with E-state index in [-0.39, 0.29) is 5.57 Å². The first kappa shape index (κ1) is 12.3. The van der Waals surface area contributed by atoms with Crippen LogP contribution in [0.1, 0.15) is 11.1 Å². The van der Waals surface area contributed by atoms with Gasteiger partial charge in [-0.1, -0.05) is 18.2 Å². The number of carboxylic acid groups (broad SMARTS) is 1. The third kappa shape index (κ3) is 2.01. The molecule has 0 bridgehead atoms. The van der Waals surface area contributed by atoms with E-state index in [2.05, 4.69) is 0 Å². The van der Waals surface area contributed by atoms with Gasteiger partial charge in [-0.25, -0.2) is 4.79 Å². The lowest BCUT2D eigenvalue weighted by molar-refractivity contribution is -0.130. The van der Waals surface area contributed by atoms with Crippen LogP contribution >= 0.6 is 0 Å². The summed E-state index contributed by atoms with van der Waals surface area (Å²) in [6.07, 6.45) is 1.61. The van der Waals surface area contributed by atoms with Gasteiger partial charge in [0.1, 0.15) is 17.2 Å². The van der Waals surface area contributed by atoms with Gasteiger partial charge in [-0.05, 0) is 30.3 Å². The highest BCUT2D eigenvalue weighted by atomic mass is 16.5. The molecule has 1 heterocycles. The van der Waals surface area contributed by atoms with Crippen molar-refractivity contribution in [1.29, 1.82) is 0 Å². The molecule has 1 aliphatic heterocycles. The van der Waals surface area contributed by atoms with Crippen molar-refractivity contribution in [2.45, 2.75) is 0 Å². The number of fused-ring (bicyclic) bond motifs is 2. The predicted molar refractivity (Wildman–Crippen MR) is 75.0 cm³/mol. The first-order valence-corrected chi connectivity index (χ1v) is 6.09. The average molecular weight is 268 g/mol. The van der Waals surface area contributed by atoms with Crippen molar-refractivity contribution >= 4 is 17.6 Å². The Hall–Kier alpha value is -2.75. The summed E-state index contributed by atoms with van der Waals surface area (Å²) in [5.74, 6) is 0.727. The fourth-order valence-electron chi connectivity index (χ4n) is 2.16. The lowest BCUT2D eigenvalue weighted by Gasteiger charge is -2.10. The standard InChI is InChI=1S/C16H12O4/c1-19-11-6-7-15-12(9-11)13(16(17)18)8-10-4-2-3-5-14(10)20-15/h2-9H,1H3,(H,17,18). The molecule has 0 atom stereocenters. The topological polar surface area (TPSA) is 55.8 Å². The molecule has 0 saturated carbocycles. The van der Waals surface area contributed by atoms with Crippen LogP contribution in [0.3, 0.4) is 0 Å². The summed E-state index contributed by atoms with van der Waals surface area (Å²) in [5, 5.41) is 9.43. The van der Waals surface area contributed by atoms with E-state index in [9.17, 15) is 9.90 Å². The zero-order valence-electron chi connectivity index (χ0n) is 10.8. The summed E-state index contributed by atoms with van der Waals surface area (Å²) in [5.41, 5.74) is 1.43. The molecule has 1 aliphatic rings. The predicted octanol–water partition coefficient (Wildman–Crippen LogP) is 3.43. The molecule has 0 amide bonds. The summed E-state index contributed by atoms with van der Waals surface area (Å²) in [6.45, 7) is 0. The number of methoxy groups -OCH3 is 1. The van der Waals surface area contributed by atoms with Crippen LogP contribution in [0.5, 0.6) is 17.2 Å². The van der Waals surface area contributed by atoms with Crippen molar-refractivity contribution in [2.75, 3.05) is 7.11 Å². The van der Waals surface area contributed by atoms with E-state index in [4.69, 9.17) is 9.47 Å². The molecule has 2 aromatic carbocycles. The fraction of sp³-hybridized carbons (Fsp3) is 0.0625. The van der Waals surface area contributed by atoms with Crippen molar-refractivity contribution in [1.82, 2.24) is 0 Å². The van der Waals surface area contributed by atoms with Gasteiger partial charge < -0.3 is 14.6 Å². The largest absolute Gasteiger partial charge is 0.497 e. The minimum absolute atomic E-state index is 0.184. The van der Waals surface area contributed by atoms with Crippen molar-refractivity contribution < 1.29 is 19.4 Å². The van der Waals surface area contributed by atoms with Gasteiger partial charge in [0.05, 0.1) is 12.7 Å². The Labute approximate surface area is 115 Å². The zero-order chi connectivity index (χ0) is 14.1. The Balaban J connectivity index is 2.26. The third-order valence-corrected chi connectivity index (χ3v) is 3.15. The monoisotopic (exact) mass is 268 g/mol. The normalized spacial score (nSPS) is 12.3. The highest BCUT2D eigenvalue weighted by molar-refractivity contribution is 6.22. The van der Waals surface area contributed by atoms with Gasteiger partial charge in [-0.15, -0.1) is 0 Å². The van der Waals surface area contributed by atoms with Crippen LogP contribution in [0.2, 0.25) is 0 Å². The smallest absolute Gasteiger partial charge is 0.336 e. The summed E-state index contributed by atoms with van der Waals surface area (Å²) in [6, 6.07) is 12.4. The minimum Gasteiger partial charge on any atom is -0.497 e. The molecule has 100 valence electrons. The zero-order valence-corrected chi connectivity index (χ0v) is 10.8. The summed E-state index contributed by atoms with van der Waals surface area (Å²) in [7, 11) is 1.54. The van der Waals surface area contributed by atoms with Crippen LogP contribution < -0.4 is 9.47 Å². The van der Waals surface area contributed by atoms with Crippen LogP contribution in [-0.2, 0) is 4.79 Å². The highest BCUT2D eigenvalue weighted by Crippen LogP contribution is 2.39. The van der Waals surface area contributed by atoms with Crippen LogP contribution in [0.25, 0.3) is 11.6 Å². The van der Waals surface area contributed by atoms with Gasteiger partial charge in [0, 0.05) is 11.1 Å². The number of rotatable bonds is 2. The van der Waals surface area contributed by atoms with Gasteiger partial charge in [0.15, 0.2) is 0 Å². The van der Waals surface area contributed by atoms with Crippen molar-refractivity contribution in [3.63, 3.8) is 0 Å². The molecule has 0 radical (unpaired) electrons. The number of carbonyl (C=O) groups is 1. The van der Waals surface area contributed by atoms with E-state index < -0.39 is 5.97 Å². The van der Waals surface area contributed by atoms with Crippen molar-refractivity contribution in [3.8, 4) is 17.2 Å². The Morgan fingerprint density at radius 1 is 1.15 bits per heavy atom. The Bertz CT molecular complexity index is 716. The van der Waals surface area contributed by atoms with Crippen LogP contribution in [0, 0.1) is 0 Å². The van der Waals surface area contributed by atoms with Gasteiger partial charge >= 0.3 is 5.97 Å². The summed E-state index contributed by atoms with van der Waals surface area (Å²) < 4.78 is 11.0. The van der Waals surface area contributed by atoms with E-state index in [1.54, 1.807) is 24.3 Å². The SMILES string of the molecule is COc1ccc2c(c1)C(C(=O)O)=Cc1ccccc1O2. The molecule has 0 aromatic heterocycles. The lowest BCUT2D eigenvalue weighted by atomic mass is 10.0. The van der Waals surface area contributed by atoms with E-state index >= 15 is 0 Å². The third-order valence-electron chi connectivity index (χ3n) is 3.15. The molecule has 0 aliphatic carbocycles. The molecular formula is C16H12O4. The van der Waals surface area contributed by atoms with Gasteiger partial charge in [-0.2, -0.15) is 0 Å². The molecular weight excluding hydrogens is 256 g/mol. The van der Waals surface area contributed by atoms with Crippen LogP contribution in [-0.4, -0.2) is 18.2 Å². The Morgan fingerprint density at radius 2 is 1.95 bits per heavy atom. The molecule has 3 rings (SSSR count). The molecule has 0 spiro atoms. The van der Waals surface area contributed by atoms with Gasteiger partial charge in [-0.3, -0.25) is 0 Å². The van der Waals surface area contributed by atoms with Crippen LogP contribution in [0.15, 0.2) is 42.5 Å². The fourth-order valence-corrected chi connectivity index (χ4v) is 2.16.